The summed E-state index contributed by atoms with van der Waals surface area (Å²) in [7, 11) is 1.59. The molecule has 0 spiro atoms. The maximum Gasteiger partial charge on any atom is 0.251 e. The lowest BCUT2D eigenvalue weighted by atomic mass is 10.0. The first-order valence-electron chi connectivity index (χ1n) is 16.8. The summed E-state index contributed by atoms with van der Waals surface area (Å²) < 4.78 is 11.4. The average Bonchev–Trinajstić information content (AvgIpc) is 3.05. The number of hydrogen-bond acceptors (Lipinski definition) is 5. The highest BCUT2D eigenvalue weighted by Gasteiger charge is 2.04. The Hall–Kier alpha value is -4.00. The number of hydrogen-bond donors (Lipinski definition) is 3. The summed E-state index contributed by atoms with van der Waals surface area (Å²) in [6, 6.07) is 20.6. The second-order valence-corrected chi connectivity index (χ2v) is 11.4. The second-order valence-electron chi connectivity index (χ2n) is 11.4. The summed E-state index contributed by atoms with van der Waals surface area (Å²) in [4.78, 5) is 22.1. The Bertz CT molecular complexity index is 1190. The molecule has 0 fully saturated rings. The van der Waals surface area contributed by atoms with Gasteiger partial charge in [-0.25, -0.2) is 0 Å². The number of phenols is 1. The minimum Gasteiger partial charge on any atom is -0.508 e. The molecule has 7 heteroatoms. The molecule has 4 N–H and O–H groups in total. The number of nitrogens with two attached hydrogens (primary N) is 1. The van der Waals surface area contributed by atoms with Gasteiger partial charge in [-0.3, -0.25) is 9.59 Å². The highest BCUT2D eigenvalue weighted by molar-refractivity contribution is 5.94. The standard InChI is InChI=1S/C20H17NO4.C18H37NO/c1-21-20(23)14-2-6-16(7-3-14)24-18-10-12-19(13-11-18)25-17-8-4-15(22)5-9-17;1-2-3-4-5-6-7-8-9-10-11-12-13-14-15-16-17-18(19)20/h2-13,22H,1H3,(H,21,23);2-17H2,1H3,(H2,19,20). The van der Waals surface area contributed by atoms with Crippen LogP contribution in [0.1, 0.15) is 120 Å². The van der Waals surface area contributed by atoms with Gasteiger partial charge in [0.15, 0.2) is 0 Å². The maximum absolute atomic E-state index is 11.5. The number of ether oxygens (including phenoxy) is 2. The fraction of sp³-hybridized carbons (Fsp3) is 0.474. The van der Waals surface area contributed by atoms with E-state index in [0.717, 1.165) is 6.42 Å². The van der Waals surface area contributed by atoms with Crippen molar-refractivity contribution >= 4 is 11.8 Å². The number of unbranched alkanes of at least 4 members (excludes halogenated alkanes) is 14. The van der Waals surface area contributed by atoms with Gasteiger partial charge in [-0.1, -0.05) is 96.8 Å². The summed E-state index contributed by atoms with van der Waals surface area (Å²) in [6.45, 7) is 2.28. The van der Waals surface area contributed by atoms with E-state index in [1.54, 1.807) is 79.8 Å². The third kappa shape index (κ3) is 17.8. The molecule has 0 aliphatic carbocycles. The predicted molar refractivity (Wildman–Crippen MR) is 183 cm³/mol. The number of nitrogens with one attached hydrogen (secondary N) is 1. The Labute approximate surface area is 270 Å². The maximum atomic E-state index is 11.5. The number of benzene rings is 3. The zero-order chi connectivity index (χ0) is 32.5. The van der Waals surface area contributed by atoms with Gasteiger partial charge in [0.2, 0.25) is 5.91 Å². The lowest BCUT2D eigenvalue weighted by molar-refractivity contribution is -0.118. The number of rotatable bonds is 21. The molecule has 0 bridgehead atoms. The van der Waals surface area contributed by atoms with E-state index >= 15 is 0 Å². The Morgan fingerprint density at radius 1 is 0.578 bits per heavy atom. The van der Waals surface area contributed by atoms with Crippen LogP contribution in [0.15, 0.2) is 72.8 Å². The van der Waals surface area contributed by atoms with Gasteiger partial charge in [0.05, 0.1) is 0 Å². The molecule has 3 rings (SSSR count). The molecule has 0 saturated heterocycles. The smallest absolute Gasteiger partial charge is 0.251 e. The second kappa shape index (κ2) is 23.4. The molecular weight excluding hydrogens is 564 g/mol. The molecule has 0 saturated carbocycles. The summed E-state index contributed by atoms with van der Waals surface area (Å²) in [6.07, 6.45) is 20.9. The van der Waals surface area contributed by atoms with Crippen LogP contribution >= 0.6 is 0 Å². The molecule has 45 heavy (non-hydrogen) atoms. The van der Waals surface area contributed by atoms with Crippen LogP contribution < -0.4 is 20.5 Å². The van der Waals surface area contributed by atoms with Crippen LogP contribution in [0.5, 0.6) is 28.7 Å². The van der Waals surface area contributed by atoms with Crippen molar-refractivity contribution in [2.24, 2.45) is 5.73 Å². The first kappa shape index (κ1) is 37.2. The Balaban J connectivity index is 0.000000324. The molecule has 0 atom stereocenters. The lowest BCUT2D eigenvalue weighted by Crippen LogP contribution is -2.17. The molecular formula is C38H54N2O5. The summed E-state index contributed by atoms with van der Waals surface area (Å²) in [5.74, 6) is 2.50. The van der Waals surface area contributed by atoms with Crippen molar-refractivity contribution < 1.29 is 24.2 Å². The molecule has 3 aromatic carbocycles. The molecule has 0 radical (unpaired) electrons. The fourth-order valence-electron chi connectivity index (χ4n) is 4.85. The average molecular weight is 619 g/mol. The van der Waals surface area contributed by atoms with E-state index in [4.69, 9.17) is 15.2 Å². The van der Waals surface area contributed by atoms with Gasteiger partial charge < -0.3 is 25.6 Å². The summed E-state index contributed by atoms with van der Waals surface area (Å²) >= 11 is 0. The van der Waals surface area contributed by atoms with Gasteiger partial charge in [0.1, 0.15) is 28.7 Å². The van der Waals surface area contributed by atoms with E-state index in [1.807, 2.05) is 0 Å². The zero-order valence-electron chi connectivity index (χ0n) is 27.4. The number of aromatic hydroxyl groups is 1. The molecule has 0 aliphatic rings. The van der Waals surface area contributed by atoms with Gasteiger partial charge in [-0.15, -0.1) is 0 Å². The van der Waals surface area contributed by atoms with Crippen molar-refractivity contribution in [3.63, 3.8) is 0 Å². The largest absolute Gasteiger partial charge is 0.508 e. The van der Waals surface area contributed by atoms with Gasteiger partial charge in [0.25, 0.3) is 5.91 Å². The van der Waals surface area contributed by atoms with Crippen LogP contribution in [0.25, 0.3) is 0 Å². The zero-order valence-corrected chi connectivity index (χ0v) is 27.4. The first-order valence-corrected chi connectivity index (χ1v) is 16.8. The normalized spacial score (nSPS) is 10.4. The Morgan fingerprint density at radius 3 is 1.27 bits per heavy atom. The predicted octanol–water partition coefficient (Wildman–Crippen LogP) is 10.1. The lowest BCUT2D eigenvalue weighted by Gasteiger charge is -2.09. The van der Waals surface area contributed by atoms with Gasteiger partial charge in [-0.2, -0.15) is 0 Å². The minimum absolute atomic E-state index is 0.137. The SMILES string of the molecule is CCCCCCCCCCCCCCCCCC(N)=O.CNC(=O)c1ccc(Oc2ccc(Oc3ccc(O)cc3)cc2)cc1. The van der Waals surface area contributed by atoms with Crippen LogP contribution in [0, 0.1) is 0 Å². The fourth-order valence-corrected chi connectivity index (χ4v) is 4.85. The van der Waals surface area contributed by atoms with Crippen molar-refractivity contribution in [2.75, 3.05) is 7.05 Å². The van der Waals surface area contributed by atoms with E-state index in [0.29, 0.717) is 35.0 Å². The Kier molecular flexibility index (Phi) is 19.3. The molecule has 0 aromatic heterocycles. The molecule has 7 nitrogen and oxygen atoms in total. The molecule has 246 valence electrons. The van der Waals surface area contributed by atoms with Crippen LogP contribution in [-0.4, -0.2) is 24.0 Å². The van der Waals surface area contributed by atoms with E-state index in [-0.39, 0.29) is 17.6 Å². The molecule has 0 aliphatic heterocycles. The Morgan fingerprint density at radius 2 is 0.911 bits per heavy atom. The monoisotopic (exact) mass is 618 g/mol. The number of carbonyl (C=O) groups excluding carboxylic acids is 2. The van der Waals surface area contributed by atoms with E-state index < -0.39 is 0 Å². The first-order chi connectivity index (χ1) is 21.9. The van der Waals surface area contributed by atoms with Crippen molar-refractivity contribution in [1.82, 2.24) is 5.32 Å². The highest BCUT2D eigenvalue weighted by Crippen LogP contribution is 2.27. The molecule has 0 unspecified atom stereocenters. The number of amides is 2. The quantitative estimate of drug-likeness (QED) is 0.103. The number of carbonyl (C=O) groups is 2. The van der Waals surface area contributed by atoms with E-state index in [9.17, 15) is 14.7 Å². The number of primary amides is 1. The summed E-state index contributed by atoms with van der Waals surface area (Å²) in [5.41, 5.74) is 5.68. The van der Waals surface area contributed by atoms with Gasteiger partial charge in [-0.05, 0) is 79.2 Å². The molecule has 3 aromatic rings. The molecule has 2 amide bonds. The van der Waals surface area contributed by atoms with Crippen LogP contribution in [0.3, 0.4) is 0 Å². The van der Waals surface area contributed by atoms with Crippen molar-refractivity contribution in [2.45, 2.75) is 110 Å². The summed E-state index contributed by atoms with van der Waals surface area (Å²) in [5, 5.41) is 11.8. The van der Waals surface area contributed by atoms with Crippen LogP contribution in [0.4, 0.5) is 0 Å². The van der Waals surface area contributed by atoms with Crippen LogP contribution in [-0.2, 0) is 4.79 Å². The van der Waals surface area contributed by atoms with Gasteiger partial charge in [0, 0.05) is 19.0 Å². The number of phenolic OH excluding ortho intramolecular Hbond substituents is 1. The van der Waals surface area contributed by atoms with E-state index in [2.05, 4.69) is 12.2 Å². The minimum atomic E-state index is -0.153. The third-order valence-corrected chi connectivity index (χ3v) is 7.50. The van der Waals surface area contributed by atoms with Crippen LogP contribution in [0.2, 0.25) is 0 Å². The van der Waals surface area contributed by atoms with Crippen molar-refractivity contribution in [3.05, 3.63) is 78.4 Å². The molecule has 0 heterocycles. The topological polar surface area (TPSA) is 111 Å². The van der Waals surface area contributed by atoms with Crippen molar-refractivity contribution in [1.29, 1.82) is 0 Å². The van der Waals surface area contributed by atoms with E-state index in [1.165, 1.54) is 89.9 Å². The van der Waals surface area contributed by atoms with Gasteiger partial charge >= 0.3 is 0 Å². The van der Waals surface area contributed by atoms with Crippen molar-refractivity contribution in [3.8, 4) is 28.7 Å². The highest BCUT2D eigenvalue weighted by atomic mass is 16.5. The third-order valence-electron chi connectivity index (χ3n) is 7.50.